The fourth-order valence-electron chi connectivity index (χ4n) is 2.77. The molecule has 2 heterocycles. The van der Waals surface area contributed by atoms with Gasteiger partial charge in [-0.1, -0.05) is 12.1 Å². The van der Waals surface area contributed by atoms with Crippen LogP contribution in [0.15, 0.2) is 41.4 Å². The van der Waals surface area contributed by atoms with E-state index in [4.69, 9.17) is 4.74 Å². The number of ether oxygens (including phenoxy) is 1. The minimum absolute atomic E-state index is 0.159. The molecule has 3 aromatic rings. The van der Waals surface area contributed by atoms with Crippen molar-refractivity contribution in [2.75, 3.05) is 18.2 Å². The summed E-state index contributed by atoms with van der Waals surface area (Å²) in [6.07, 6.45) is 2.86. The van der Waals surface area contributed by atoms with Gasteiger partial charge in [0.05, 0.1) is 29.3 Å². The molecule has 1 N–H and O–H groups in total. The van der Waals surface area contributed by atoms with Crippen molar-refractivity contribution >= 4 is 26.6 Å². The van der Waals surface area contributed by atoms with Crippen molar-refractivity contribution in [1.82, 2.24) is 15.0 Å². The lowest BCUT2D eigenvalue weighted by Gasteiger charge is -2.17. The summed E-state index contributed by atoms with van der Waals surface area (Å²) in [6, 6.07) is 8.54. The molecule has 0 bridgehead atoms. The molecule has 0 radical (unpaired) electrons. The summed E-state index contributed by atoms with van der Waals surface area (Å²) in [6.45, 7) is 6.18. The van der Waals surface area contributed by atoms with Crippen molar-refractivity contribution < 1.29 is 13.2 Å². The van der Waals surface area contributed by atoms with Crippen LogP contribution in [0.1, 0.15) is 31.3 Å². The van der Waals surface area contributed by atoms with E-state index in [1.807, 2.05) is 26.8 Å². The van der Waals surface area contributed by atoms with E-state index in [1.54, 1.807) is 30.5 Å². The van der Waals surface area contributed by atoms with Gasteiger partial charge in [-0.05, 0) is 38.5 Å². The number of aryl methyl sites for hydroxylation is 1. The van der Waals surface area contributed by atoms with Gasteiger partial charge in [-0.25, -0.2) is 23.4 Å². The maximum atomic E-state index is 11.8. The molecule has 2 aromatic heterocycles. The molecule has 27 heavy (non-hydrogen) atoms. The first kappa shape index (κ1) is 19.0. The van der Waals surface area contributed by atoms with Gasteiger partial charge in [-0.2, -0.15) is 0 Å². The topological polar surface area (TPSA) is 94.1 Å². The zero-order chi connectivity index (χ0) is 19.6. The van der Waals surface area contributed by atoms with Gasteiger partial charge in [0.2, 0.25) is 5.88 Å². The number of hydrogen-bond acceptors (Lipinski definition) is 7. The molecule has 0 aliphatic carbocycles. The zero-order valence-corrected chi connectivity index (χ0v) is 16.5. The van der Waals surface area contributed by atoms with E-state index < -0.39 is 9.84 Å². The highest BCUT2D eigenvalue weighted by Crippen LogP contribution is 2.27. The smallest absolute Gasteiger partial charge is 0.214 e. The van der Waals surface area contributed by atoms with E-state index in [-0.39, 0.29) is 6.04 Å². The van der Waals surface area contributed by atoms with Crippen LogP contribution in [-0.2, 0) is 9.84 Å². The third-order valence-electron chi connectivity index (χ3n) is 4.10. The van der Waals surface area contributed by atoms with Crippen molar-refractivity contribution in [1.29, 1.82) is 0 Å². The van der Waals surface area contributed by atoms with Gasteiger partial charge in [0.15, 0.2) is 9.84 Å². The normalized spacial score (nSPS) is 12.7. The summed E-state index contributed by atoms with van der Waals surface area (Å²) in [5, 5.41) is 4.16. The van der Waals surface area contributed by atoms with Crippen molar-refractivity contribution in [2.24, 2.45) is 0 Å². The summed E-state index contributed by atoms with van der Waals surface area (Å²) in [5.41, 5.74) is 1.56. The molecule has 0 saturated carbocycles. The van der Waals surface area contributed by atoms with Crippen molar-refractivity contribution in [3.8, 4) is 5.88 Å². The van der Waals surface area contributed by atoms with E-state index in [1.165, 1.54) is 6.26 Å². The monoisotopic (exact) mass is 386 g/mol. The van der Waals surface area contributed by atoms with Gasteiger partial charge in [-0.3, -0.25) is 0 Å². The Balaban J connectivity index is 1.99. The number of fused-ring (bicyclic) bond motifs is 1. The summed E-state index contributed by atoms with van der Waals surface area (Å²) >= 11 is 0. The zero-order valence-electron chi connectivity index (χ0n) is 15.7. The first-order chi connectivity index (χ1) is 12.8. The molecular weight excluding hydrogens is 364 g/mol. The number of sulfone groups is 1. The van der Waals surface area contributed by atoms with Crippen LogP contribution in [0, 0.1) is 6.92 Å². The molecule has 0 fully saturated rings. The van der Waals surface area contributed by atoms with E-state index >= 15 is 0 Å². The molecule has 0 amide bonds. The first-order valence-electron chi connectivity index (χ1n) is 8.61. The minimum Gasteiger partial charge on any atom is -0.478 e. The summed E-state index contributed by atoms with van der Waals surface area (Å²) in [7, 11) is -3.26. The van der Waals surface area contributed by atoms with Gasteiger partial charge in [-0.15, -0.1) is 0 Å². The lowest BCUT2D eigenvalue weighted by molar-refractivity contribution is 0.327. The number of aromatic nitrogens is 3. The van der Waals surface area contributed by atoms with E-state index in [0.717, 1.165) is 10.9 Å². The molecule has 1 unspecified atom stereocenters. The van der Waals surface area contributed by atoms with Gasteiger partial charge in [0.25, 0.3) is 0 Å². The Morgan fingerprint density at radius 2 is 2.00 bits per heavy atom. The third-order valence-corrected chi connectivity index (χ3v) is 5.21. The van der Waals surface area contributed by atoms with Crippen molar-refractivity contribution in [2.45, 2.75) is 31.7 Å². The Morgan fingerprint density at radius 1 is 1.22 bits per heavy atom. The molecule has 8 heteroatoms. The second-order valence-corrected chi connectivity index (χ2v) is 8.32. The fourth-order valence-corrected chi connectivity index (χ4v) is 3.44. The second kappa shape index (κ2) is 7.48. The molecule has 0 aliphatic rings. The maximum absolute atomic E-state index is 11.8. The third kappa shape index (κ3) is 4.33. The van der Waals surface area contributed by atoms with E-state index in [0.29, 0.717) is 34.5 Å². The molecule has 1 aromatic carbocycles. The quantitative estimate of drug-likeness (QED) is 0.694. The Kier molecular flexibility index (Phi) is 5.27. The lowest BCUT2D eigenvalue weighted by atomic mass is 10.1. The molecular formula is C19H22N4O3S. The van der Waals surface area contributed by atoms with Gasteiger partial charge < -0.3 is 10.1 Å². The number of hydrogen-bond donors (Lipinski definition) is 1. The predicted octanol–water partition coefficient (Wildman–Crippen LogP) is 3.31. The fraction of sp³-hybridized carbons (Fsp3) is 0.316. The van der Waals surface area contributed by atoms with Crippen molar-refractivity contribution in [3.05, 3.63) is 47.9 Å². The van der Waals surface area contributed by atoms with Crippen LogP contribution >= 0.6 is 0 Å². The number of pyridine rings is 1. The van der Waals surface area contributed by atoms with Crippen LogP contribution in [0.2, 0.25) is 0 Å². The molecule has 1 atom stereocenters. The first-order valence-corrected chi connectivity index (χ1v) is 10.5. The van der Waals surface area contributed by atoms with Crippen LogP contribution in [0.4, 0.5) is 5.82 Å². The molecule has 7 nitrogen and oxygen atoms in total. The average molecular weight is 386 g/mol. The standard InChI is InChI=1S/C19H22N4O3S/c1-5-26-18-10-16-17(11-20-18)22-13(3)23-19(16)21-12(2)14-7-6-8-15(9-14)27(4,24)25/h6-12H,5H2,1-4H3,(H,21,22,23). The van der Waals surface area contributed by atoms with Crippen LogP contribution in [0.5, 0.6) is 5.88 Å². The van der Waals surface area contributed by atoms with Gasteiger partial charge in [0, 0.05) is 17.7 Å². The van der Waals surface area contributed by atoms with E-state index in [2.05, 4.69) is 20.3 Å². The number of nitrogens with zero attached hydrogens (tertiary/aromatic N) is 3. The van der Waals surface area contributed by atoms with Crippen LogP contribution < -0.4 is 10.1 Å². The number of rotatable bonds is 6. The van der Waals surface area contributed by atoms with Crippen molar-refractivity contribution in [3.63, 3.8) is 0 Å². The molecule has 0 spiro atoms. The van der Waals surface area contributed by atoms with Gasteiger partial charge >= 0.3 is 0 Å². The average Bonchev–Trinajstić information content (AvgIpc) is 2.61. The van der Waals surface area contributed by atoms with E-state index in [9.17, 15) is 8.42 Å². The molecule has 0 saturated heterocycles. The highest BCUT2D eigenvalue weighted by Gasteiger charge is 2.14. The summed E-state index contributed by atoms with van der Waals surface area (Å²) < 4.78 is 29.1. The van der Waals surface area contributed by atoms with Gasteiger partial charge in [0.1, 0.15) is 11.6 Å². The lowest BCUT2D eigenvalue weighted by Crippen LogP contribution is -2.10. The highest BCUT2D eigenvalue weighted by atomic mass is 32.2. The number of anilines is 1. The largest absolute Gasteiger partial charge is 0.478 e. The summed E-state index contributed by atoms with van der Waals surface area (Å²) in [4.78, 5) is 13.5. The molecule has 3 rings (SSSR count). The number of nitrogens with one attached hydrogen (secondary N) is 1. The number of benzene rings is 1. The minimum atomic E-state index is -3.26. The van der Waals surface area contributed by atoms with Crippen LogP contribution in [0.3, 0.4) is 0 Å². The van der Waals surface area contributed by atoms with Crippen LogP contribution in [-0.4, -0.2) is 36.2 Å². The predicted molar refractivity (Wildman–Crippen MR) is 105 cm³/mol. The Morgan fingerprint density at radius 3 is 2.70 bits per heavy atom. The second-order valence-electron chi connectivity index (χ2n) is 6.30. The Bertz CT molecular complexity index is 1080. The Labute approximate surface area is 158 Å². The summed E-state index contributed by atoms with van der Waals surface area (Å²) in [5.74, 6) is 1.78. The maximum Gasteiger partial charge on any atom is 0.214 e. The SMILES string of the molecule is CCOc1cc2c(NC(C)c3cccc(S(C)(=O)=O)c3)nc(C)nc2cn1. The molecule has 0 aliphatic heterocycles. The Hall–Kier alpha value is -2.74. The molecule has 142 valence electrons. The highest BCUT2D eigenvalue weighted by molar-refractivity contribution is 7.90. The van der Waals surface area contributed by atoms with Crippen LogP contribution in [0.25, 0.3) is 10.9 Å².